The van der Waals surface area contributed by atoms with Gasteiger partial charge in [0.1, 0.15) is 11.6 Å². The second-order valence-corrected chi connectivity index (χ2v) is 5.15. The Balaban J connectivity index is 2.28. The standard InChI is InChI=1S/C13H11F2NO2S/c14-7-1-2-8(9(15)5-7)11-3-4-12(19-11)10(16)6-13(17)18/h1-5,10H,6,16H2,(H,17,18)/t10-/m0/s1. The molecule has 0 saturated carbocycles. The van der Waals surface area contributed by atoms with Crippen LogP contribution in [-0.2, 0) is 4.79 Å². The lowest BCUT2D eigenvalue weighted by Gasteiger charge is -2.05. The topological polar surface area (TPSA) is 63.3 Å². The Morgan fingerprint density at radius 3 is 2.68 bits per heavy atom. The summed E-state index contributed by atoms with van der Waals surface area (Å²) in [6.07, 6.45) is -0.189. The third-order valence-corrected chi connectivity index (χ3v) is 3.83. The van der Waals surface area contributed by atoms with Gasteiger partial charge >= 0.3 is 5.97 Å². The fraction of sp³-hybridized carbons (Fsp3) is 0.154. The number of hydrogen-bond donors (Lipinski definition) is 2. The SMILES string of the molecule is N[C@@H](CC(=O)O)c1ccc(-c2ccc(F)cc2F)s1. The summed E-state index contributed by atoms with van der Waals surface area (Å²) in [5, 5.41) is 8.67. The van der Waals surface area contributed by atoms with E-state index in [0.29, 0.717) is 9.75 Å². The van der Waals surface area contributed by atoms with Gasteiger partial charge in [-0.1, -0.05) is 0 Å². The average molecular weight is 283 g/mol. The van der Waals surface area contributed by atoms with Gasteiger partial charge < -0.3 is 10.8 Å². The highest BCUT2D eigenvalue weighted by molar-refractivity contribution is 7.15. The average Bonchev–Trinajstić information content (AvgIpc) is 2.77. The molecule has 0 radical (unpaired) electrons. The molecule has 1 atom stereocenters. The third-order valence-electron chi connectivity index (χ3n) is 2.58. The summed E-state index contributed by atoms with van der Waals surface area (Å²) >= 11 is 1.21. The highest BCUT2D eigenvalue weighted by atomic mass is 32.1. The highest BCUT2D eigenvalue weighted by Crippen LogP contribution is 2.33. The van der Waals surface area contributed by atoms with Crippen molar-refractivity contribution in [3.05, 3.63) is 46.8 Å². The third kappa shape index (κ3) is 3.15. The number of carboxylic acids is 1. The van der Waals surface area contributed by atoms with Crippen molar-refractivity contribution in [2.24, 2.45) is 5.73 Å². The number of nitrogens with two attached hydrogens (primary N) is 1. The van der Waals surface area contributed by atoms with Gasteiger partial charge in [-0.2, -0.15) is 0 Å². The number of carbonyl (C=O) groups is 1. The predicted molar refractivity (Wildman–Crippen MR) is 68.9 cm³/mol. The first-order chi connectivity index (χ1) is 8.97. The van der Waals surface area contributed by atoms with E-state index in [0.717, 1.165) is 6.07 Å². The zero-order valence-corrected chi connectivity index (χ0v) is 10.6. The van der Waals surface area contributed by atoms with E-state index >= 15 is 0 Å². The molecule has 1 aromatic heterocycles. The Labute approximate surface area is 112 Å². The van der Waals surface area contributed by atoms with Crippen molar-refractivity contribution in [3.8, 4) is 10.4 Å². The molecule has 100 valence electrons. The van der Waals surface area contributed by atoms with E-state index in [9.17, 15) is 13.6 Å². The zero-order chi connectivity index (χ0) is 14.0. The van der Waals surface area contributed by atoms with Gasteiger partial charge in [-0.15, -0.1) is 11.3 Å². The maximum absolute atomic E-state index is 13.6. The van der Waals surface area contributed by atoms with Crippen LogP contribution in [0.3, 0.4) is 0 Å². The fourth-order valence-corrected chi connectivity index (χ4v) is 2.71. The number of carboxylic acid groups (broad SMARTS) is 1. The highest BCUT2D eigenvalue weighted by Gasteiger charge is 2.15. The minimum absolute atomic E-state index is 0.189. The van der Waals surface area contributed by atoms with Crippen LogP contribution in [0.4, 0.5) is 8.78 Å². The summed E-state index contributed by atoms with van der Waals surface area (Å²) in [4.78, 5) is 11.8. The first-order valence-electron chi connectivity index (χ1n) is 5.50. The smallest absolute Gasteiger partial charge is 0.305 e. The molecule has 0 spiro atoms. The van der Waals surface area contributed by atoms with Gasteiger partial charge in [0.2, 0.25) is 0 Å². The molecule has 1 aromatic carbocycles. The second-order valence-electron chi connectivity index (χ2n) is 4.03. The molecular weight excluding hydrogens is 272 g/mol. The lowest BCUT2D eigenvalue weighted by molar-refractivity contribution is -0.137. The molecule has 0 amide bonds. The number of rotatable bonds is 4. The molecule has 0 unspecified atom stereocenters. The van der Waals surface area contributed by atoms with Crippen LogP contribution < -0.4 is 5.73 Å². The Bertz CT molecular complexity index is 612. The van der Waals surface area contributed by atoms with Gasteiger partial charge in [-0.3, -0.25) is 4.79 Å². The van der Waals surface area contributed by atoms with Gasteiger partial charge in [-0.05, 0) is 24.3 Å². The molecule has 0 aliphatic heterocycles. The van der Waals surface area contributed by atoms with Crippen molar-refractivity contribution in [2.75, 3.05) is 0 Å². The van der Waals surface area contributed by atoms with Crippen LogP contribution in [0.5, 0.6) is 0 Å². The van der Waals surface area contributed by atoms with Crippen molar-refractivity contribution < 1.29 is 18.7 Å². The fourth-order valence-electron chi connectivity index (χ4n) is 1.67. The lowest BCUT2D eigenvalue weighted by Crippen LogP contribution is -2.13. The second kappa shape index (κ2) is 5.46. The van der Waals surface area contributed by atoms with Crippen LogP contribution in [0.15, 0.2) is 30.3 Å². The maximum atomic E-state index is 13.6. The van der Waals surface area contributed by atoms with Gasteiger partial charge in [0, 0.05) is 27.4 Å². The molecule has 3 N–H and O–H groups in total. The molecule has 2 rings (SSSR count). The predicted octanol–water partition coefficient (Wildman–Crippen LogP) is 3.17. The van der Waals surface area contributed by atoms with Crippen molar-refractivity contribution >= 4 is 17.3 Å². The summed E-state index contributed by atoms with van der Waals surface area (Å²) in [5.74, 6) is -2.28. The van der Waals surface area contributed by atoms with Gasteiger partial charge in [0.05, 0.1) is 6.42 Å². The van der Waals surface area contributed by atoms with E-state index in [1.54, 1.807) is 12.1 Å². The molecule has 0 saturated heterocycles. The monoisotopic (exact) mass is 283 g/mol. The number of benzene rings is 1. The molecule has 19 heavy (non-hydrogen) atoms. The number of thiophene rings is 1. The molecule has 0 fully saturated rings. The van der Waals surface area contributed by atoms with Crippen LogP contribution in [0, 0.1) is 11.6 Å². The Hall–Kier alpha value is -1.79. The van der Waals surface area contributed by atoms with Crippen LogP contribution in [0.1, 0.15) is 17.3 Å². The van der Waals surface area contributed by atoms with Crippen molar-refractivity contribution in [2.45, 2.75) is 12.5 Å². The van der Waals surface area contributed by atoms with Gasteiger partial charge in [-0.25, -0.2) is 8.78 Å². The summed E-state index contributed by atoms with van der Waals surface area (Å²) in [6.45, 7) is 0. The normalized spacial score (nSPS) is 12.4. The van der Waals surface area contributed by atoms with Crippen LogP contribution in [0.2, 0.25) is 0 Å². The molecule has 3 nitrogen and oxygen atoms in total. The molecule has 0 aliphatic rings. The van der Waals surface area contributed by atoms with Crippen LogP contribution in [0.25, 0.3) is 10.4 Å². The van der Waals surface area contributed by atoms with E-state index < -0.39 is 23.6 Å². The van der Waals surface area contributed by atoms with Gasteiger partial charge in [0.15, 0.2) is 0 Å². The minimum atomic E-state index is -0.990. The number of halogens is 2. The minimum Gasteiger partial charge on any atom is -0.481 e. The number of hydrogen-bond acceptors (Lipinski definition) is 3. The first-order valence-corrected chi connectivity index (χ1v) is 6.31. The Morgan fingerprint density at radius 2 is 2.05 bits per heavy atom. The van der Waals surface area contributed by atoms with Crippen LogP contribution in [-0.4, -0.2) is 11.1 Å². The Kier molecular flexibility index (Phi) is 3.92. The summed E-state index contributed by atoms with van der Waals surface area (Å²) in [6, 6.07) is 6.03. The quantitative estimate of drug-likeness (QED) is 0.906. The summed E-state index contributed by atoms with van der Waals surface area (Å²) in [5.41, 5.74) is 6.00. The van der Waals surface area contributed by atoms with Crippen LogP contribution >= 0.6 is 11.3 Å². The van der Waals surface area contributed by atoms with Crippen molar-refractivity contribution in [3.63, 3.8) is 0 Å². The van der Waals surface area contributed by atoms with E-state index in [1.807, 2.05) is 0 Å². The summed E-state index contributed by atoms with van der Waals surface area (Å²) in [7, 11) is 0. The van der Waals surface area contributed by atoms with E-state index in [1.165, 1.54) is 23.5 Å². The molecule has 6 heteroatoms. The van der Waals surface area contributed by atoms with Gasteiger partial charge in [0.25, 0.3) is 0 Å². The summed E-state index contributed by atoms with van der Waals surface area (Å²) < 4.78 is 26.4. The molecule has 0 bridgehead atoms. The van der Waals surface area contributed by atoms with E-state index in [4.69, 9.17) is 10.8 Å². The van der Waals surface area contributed by atoms with Crippen molar-refractivity contribution in [1.82, 2.24) is 0 Å². The largest absolute Gasteiger partial charge is 0.481 e. The molecule has 1 heterocycles. The van der Waals surface area contributed by atoms with E-state index in [-0.39, 0.29) is 12.0 Å². The molecule has 2 aromatic rings. The first kappa shape index (κ1) is 13.6. The van der Waals surface area contributed by atoms with Crippen molar-refractivity contribution in [1.29, 1.82) is 0 Å². The number of aliphatic carboxylic acids is 1. The van der Waals surface area contributed by atoms with E-state index in [2.05, 4.69) is 0 Å². The molecule has 0 aliphatic carbocycles. The maximum Gasteiger partial charge on any atom is 0.305 e. The lowest BCUT2D eigenvalue weighted by atomic mass is 10.1. The Morgan fingerprint density at radius 1 is 1.32 bits per heavy atom. The molecular formula is C13H11F2NO2S. The zero-order valence-electron chi connectivity index (χ0n) is 9.77.